The molecule has 0 saturated heterocycles. The zero-order valence-electron chi connectivity index (χ0n) is 15.2. The molecular weight excluding hydrogens is 322 g/mol. The fourth-order valence-electron chi connectivity index (χ4n) is 2.99. The molecule has 3 rings (SSSR count). The molecule has 0 saturated carbocycles. The van der Waals surface area contributed by atoms with Crippen molar-refractivity contribution in [2.45, 2.75) is 20.5 Å². The fraction of sp³-hybridized carbons (Fsp3) is 0.182. The summed E-state index contributed by atoms with van der Waals surface area (Å²) in [7, 11) is 1.90. The van der Waals surface area contributed by atoms with Gasteiger partial charge in [-0.3, -0.25) is 0 Å². The lowest BCUT2D eigenvalue weighted by molar-refractivity contribution is 0.293. The second-order valence-electron chi connectivity index (χ2n) is 6.08. The van der Waals surface area contributed by atoms with Gasteiger partial charge < -0.3 is 10.1 Å². The van der Waals surface area contributed by atoms with Gasteiger partial charge in [-0.15, -0.1) is 0 Å². The van der Waals surface area contributed by atoms with Crippen LogP contribution in [0.5, 0.6) is 5.88 Å². The summed E-state index contributed by atoms with van der Waals surface area (Å²) in [5, 5.41) is 12.5. The summed E-state index contributed by atoms with van der Waals surface area (Å²) in [5.41, 5.74) is 6.67. The summed E-state index contributed by atoms with van der Waals surface area (Å²) in [6.45, 7) is 4.45. The van der Waals surface area contributed by atoms with Crippen LogP contribution in [0.25, 0.3) is 11.1 Å². The molecule has 4 heteroatoms. The summed E-state index contributed by atoms with van der Waals surface area (Å²) in [5.74, 6) is 0.575. The molecule has 4 nitrogen and oxygen atoms in total. The van der Waals surface area contributed by atoms with Crippen LogP contribution in [0.2, 0.25) is 0 Å². The van der Waals surface area contributed by atoms with Crippen LogP contribution in [-0.2, 0) is 6.61 Å². The van der Waals surface area contributed by atoms with Crippen molar-refractivity contribution < 1.29 is 4.74 Å². The Morgan fingerprint density at radius 3 is 2.54 bits per heavy atom. The molecule has 0 aliphatic carbocycles. The van der Waals surface area contributed by atoms with Crippen LogP contribution in [0.3, 0.4) is 0 Å². The van der Waals surface area contributed by atoms with Gasteiger partial charge in [0.05, 0.1) is 11.6 Å². The normalized spacial score (nSPS) is 10.2. The topological polar surface area (TPSA) is 57.9 Å². The number of aryl methyl sites for hydroxylation is 2. The molecule has 0 atom stereocenters. The number of hydrogen-bond donors (Lipinski definition) is 1. The molecule has 0 spiro atoms. The first-order valence-corrected chi connectivity index (χ1v) is 8.50. The van der Waals surface area contributed by atoms with Crippen molar-refractivity contribution in [1.29, 1.82) is 5.26 Å². The third kappa shape index (κ3) is 3.52. The molecule has 26 heavy (non-hydrogen) atoms. The van der Waals surface area contributed by atoms with E-state index < -0.39 is 0 Å². The number of nitrogens with zero attached hydrogens (tertiary/aromatic N) is 2. The number of nitriles is 1. The average molecular weight is 343 g/mol. The van der Waals surface area contributed by atoms with Gasteiger partial charge in [0.1, 0.15) is 6.61 Å². The predicted octanol–water partition coefficient (Wildman–Crippen LogP) is 4.86. The predicted molar refractivity (Wildman–Crippen MR) is 104 cm³/mol. The molecule has 0 unspecified atom stereocenters. The third-order valence-electron chi connectivity index (χ3n) is 4.44. The SMILES string of the molecule is CNc1cccc(C)c1COc1ccc(-c2ccccc2C#N)c(C)n1. The number of aromatic nitrogens is 1. The Morgan fingerprint density at radius 2 is 1.81 bits per heavy atom. The second-order valence-corrected chi connectivity index (χ2v) is 6.08. The Labute approximate surface area is 154 Å². The third-order valence-corrected chi connectivity index (χ3v) is 4.44. The van der Waals surface area contributed by atoms with E-state index in [2.05, 4.69) is 29.4 Å². The Balaban J connectivity index is 1.84. The number of pyridine rings is 1. The van der Waals surface area contributed by atoms with Crippen LogP contribution < -0.4 is 10.1 Å². The zero-order valence-corrected chi connectivity index (χ0v) is 15.2. The number of nitrogens with one attached hydrogen (secondary N) is 1. The van der Waals surface area contributed by atoms with Gasteiger partial charge in [0, 0.05) is 41.2 Å². The van der Waals surface area contributed by atoms with Gasteiger partial charge in [-0.05, 0) is 37.6 Å². The van der Waals surface area contributed by atoms with Crippen molar-refractivity contribution in [2.75, 3.05) is 12.4 Å². The zero-order chi connectivity index (χ0) is 18.5. The Hall–Kier alpha value is -3.32. The maximum atomic E-state index is 9.31. The van der Waals surface area contributed by atoms with Gasteiger partial charge in [0.2, 0.25) is 5.88 Å². The largest absolute Gasteiger partial charge is 0.473 e. The summed E-state index contributed by atoms with van der Waals surface area (Å²) in [6.07, 6.45) is 0. The minimum Gasteiger partial charge on any atom is -0.473 e. The first-order chi connectivity index (χ1) is 12.6. The lowest BCUT2D eigenvalue weighted by Crippen LogP contribution is -2.04. The van der Waals surface area contributed by atoms with E-state index in [1.165, 1.54) is 5.56 Å². The van der Waals surface area contributed by atoms with Gasteiger partial charge in [-0.25, -0.2) is 4.98 Å². The first-order valence-electron chi connectivity index (χ1n) is 8.50. The monoisotopic (exact) mass is 343 g/mol. The van der Waals surface area contributed by atoms with E-state index in [4.69, 9.17) is 4.74 Å². The van der Waals surface area contributed by atoms with Gasteiger partial charge >= 0.3 is 0 Å². The first kappa shape index (κ1) is 17.5. The van der Waals surface area contributed by atoms with E-state index in [0.29, 0.717) is 18.1 Å². The molecule has 2 aromatic carbocycles. The number of benzene rings is 2. The molecule has 130 valence electrons. The van der Waals surface area contributed by atoms with Crippen LogP contribution in [0.1, 0.15) is 22.4 Å². The lowest BCUT2D eigenvalue weighted by atomic mass is 9.99. The minimum absolute atomic E-state index is 0.448. The van der Waals surface area contributed by atoms with Gasteiger partial charge in [0.25, 0.3) is 0 Å². The fourth-order valence-corrected chi connectivity index (χ4v) is 2.99. The van der Waals surface area contributed by atoms with Gasteiger partial charge in [0.15, 0.2) is 0 Å². The highest BCUT2D eigenvalue weighted by atomic mass is 16.5. The molecule has 1 N–H and O–H groups in total. The summed E-state index contributed by atoms with van der Waals surface area (Å²) >= 11 is 0. The molecule has 1 aromatic heterocycles. The second kappa shape index (κ2) is 7.71. The van der Waals surface area contributed by atoms with Crippen LogP contribution in [-0.4, -0.2) is 12.0 Å². The van der Waals surface area contributed by atoms with Crippen molar-refractivity contribution >= 4 is 5.69 Å². The van der Waals surface area contributed by atoms with E-state index in [1.54, 1.807) is 0 Å². The highest BCUT2D eigenvalue weighted by Gasteiger charge is 2.10. The summed E-state index contributed by atoms with van der Waals surface area (Å²) < 4.78 is 5.93. The Kier molecular flexibility index (Phi) is 5.19. The summed E-state index contributed by atoms with van der Waals surface area (Å²) in [6, 6.07) is 19.7. The van der Waals surface area contributed by atoms with Crippen molar-refractivity contribution in [3.05, 3.63) is 77.0 Å². The van der Waals surface area contributed by atoms with Gasteiger partial charge in [-0.2, -0.15) is 5.26 Å². The van der Waals surface area contributed by atoms with Crippen molar-refractivity contribution in [3.8, 4) is 23.1 Å². The highest BCUT2D eigenvalue weighted by molar-refractivity contribution is 5.72. The highest BCUT2D eigenvalue weighted by Crippen LogP contribution is 2.28. The van der Waals surface area contributed by atoms with Crippen LogP contribution >= 0.6 is 0 Å². The van der Waals surface area contributed by atoms with E-state index in [-0.39, 0.29) is 0 Å². The molecule has 0 aliphatic rings. The number of hydrogen-bond acceptors (Lipinski definition) is 4. The van der Waals surface area contributed by atoms with E-state index in [1.807, 2.05) is 62.5 Å². The van der Waals surface area contributed by atoms with Crippen LogP contribution in [0, 0.1) is 25.2 Å². The molecule has 0 amide bonds. The molecule has 0 bridgehead atoms. The summed E-state index contributed by atoms with van der Waals surface area (Å²) in [4.78, 5) is 4.57. The molecule has 0 fully saturated rings. The maximum absolute atomic E-state index is 9.31. The quantitative estimate of drug-likeness (QED) is 0.719. The molecule has 3 aromatic rings. The molecule has 0 aliphatic heterocycles. The molecule has 0 radical (unpaired) electrons. The van der Waals surface area contributed by atoms with Crippen molar-refractivity contribution in [2.24, 2.45) is 0 Å². The lowest BCUT2D eigenvalue weighted by Gasteiger charge is -2.14. The number of anilines is 1. The van der Waals surface area contributed by atoms with Crippen molar-refractivity contribution in [1.82, 2.24) is 4.98 Å². The molecule has 1 heterocycles. The molecular formula is C22H21N3O. The Morgan fingerprint density at radius 1 is 1.00 bits per heavy atom. The maximum Gasteiger partial charge on any atom is 0.213 e. The van der Waals surface area contributed by atoms with Crippen molar-refractivity contribution in [3.63, 3.8) is 0 Å². The minimum atomic E-state index is 0.448. The average Bonchev–Trinajstić information content (AvgIpc) is 2.67. The Bertz CT molecular complexity index is 973. The van der Waals surface area contributed by atoms with E-state index in [9.17, 15) is 5.26 Å². The van der Waals surface area contributed by atoms with Crippen LogP contribution in [0.15, 0.2) is 54.6 Å². The van der Waals surface area contributed by atoms with Crippen LogP contribution in [0.4, 0.5) is 5.69 Å². The smallest absolute Gasteiger partial charge is 0.213 e. The van der Waals surface area contributed by atoms with E-state index >= 15 is 0 Å². The number of rotatable bonds is 5. The van der Waals surface area contributed by atoms with E-state index in [0.717, 1.165) is 28.1 Å². The number of ether oxygens (including phenoxy) is 1. The van der Waals surface area contributed by atoms with Gasteiger partial charge in [-0.1, -0.05) is 30.3 Å². The standard InChI is InChI=1S/C22H21N3O/c1-15-7-6-10-21(24-3)20(15)14-26-22-12-11-18(16(2)25-22)19-9-5-4-8-17(19)13-23/h4-12,24H,14H2,1-3H3.